The highest BCUT2D eigenvalue weighted by Crippen LogP contribution is 2.25. The van der Waals surface area contributed by atoms with E-state index < -0.39 is 11.5 Å². The number of rotatable bonds is 4. The number of hydrogen-bond donors (Lipinski definition) is 2. The third-order valence-corrected chi connectivity index (χ3v) is 3.56. The van der Waals surface area contributed by atoms with Gasteiger partial charge in [-0.2, -0.15) is 0 Å². The van der Waals surface area contributed by atoms with Crippen molar-refractivity contribution in [2.75, 3.05) is 7.11 Å². The molecule has 1 aliphatic rings. The molecule has 1 amide bonds. The lowest BCUT2D eigenvalue weighted by Crippen LogP contribution is -2.51. The molecule has 5 nitrogen and oxygen atoms in total. The average molecular weight is 256 g/mol. The summed E-state index contributed by atoms with van der Waals surface area (Å²) in [7, 11) is 1.31. The molecule has 1 rings (SSSR count). The fourth-order valence-corrected chi connectivity index (χ4v) is 2.43. The van der Waals surface area contributed by atoms with E-state index in [0.717, 1.165) is 25.7 Å². The Labute approximate surface area is 108 Å². The van der Waals surface area contributed by atoms with Crippen molar-refractivity contribution >= 4 is 11.9 Å². The first-order valence-electron chi connectivity index (χ1n) is 6.52. The van der Waals surface area contributed by atoms with Gasteiger partial charge < -0.3 is 15.8 Å². The fourth-order valence-electron chi connectivity index (χ4n) is 2.43. The molecule has 1 fully saturated rings. The van der Waals surface area contributed by atoms with Gasteiger partial charge in [0.15, 0.2) is 0 Å². The number of nitrogens with two attached hydrogens (primary N) is 1. The molecule has 0 radical (unpaired) electrons. The molecule has 0 heterocycles. The summed E-state index contributed by atoms with van der Waals surface area (Å²) in [6.45, 7) is 3.27. The zero-order valence-corrected chi connectivity index (χ0v) is 11.5. The summed E-state index contributed by atoms with van der Waals surface area (Å²) in [4.78, 5) is 23.4. The summed E-state index contributed by atoms with van der Waals surface area (Å²) >= 11 is 0. The lowest BCUT2D eigenvalue weighted by atomic mass is 9.82. The van der Waals surface area contributed by atoms with Gasteiger partial charge in [-0.3, -0.25) is 4.79 Å². The van der Waals surface area contributed by atoms with E-state index in [-0.39, 0.29) is 17.9 Å². The third-order valence-electron chi connectivity index (χ3n) is 3.56. The highest BCUT2D eigenvalue weighted by atomic mass is 16.5. The first kappa shape index (κ1) is 15.0. The van der Waals surface area contributed by atoms with Crippen LogP contribution in [0.4, 0.5) is 0 Å². The minimum absolute atomic E-state index is 0.103. The van der Waals surface area contributed by atoms with Crippen LogP contribution in [0, 0.1) is 5.92 Å². The summed E-state index contributed by atoms with van der Waals surface area (Å²) in [5.41, 5.74) is 5.02. The number of carbonyl (C=O) groups is 2. The molecule has 0 aromatic carbocycles. The Hall–Kier alpha value is -1.10. The second-order valence-electron chi connectivity index (χ2n) is 5.58. The molecule has 0 spiro atoms. The molecule has 2 unspecified atom stereocenters. The minimum atomic E-state index is -0.982. The normalized spacial score (nSPS) is 24.4. The lowest BCUT2D eigenvalue weighted by molar-refractivity contribution is -0.149. The highest BCUT2D eigenvalue weighted by molar-refractivity contribution is 5.87. The topological polar surface area (TPSA) is 81.4 Å². The molecule has 1 saturated carbocycles. The van der Waals surface area contributed by atoms with E-state index in [1.165, 1.54) is 7.11 Å². The zero-order chi connectivity index (χ0) is 13.8. The van der Waals surface area contributed by atoms with Gasteiger partial charge in [-0.05, 0) is 32.6 Å². The molecular formula is C13H24N2O3. The van der Waals surface area contributed by atoms with Crippen LogP contribution in [0.15, 0.2) is 0 Å². The Bertz CT molecular complexity index is 315. The van der Waals surface area contributed by atoms with E-state index in [1.54, 1.807) is 13.8 Å². The number of nitrogens with one attached hydrogen (secondary N) is 1. The van der Waals surface area contributed by atoms with E-state index >= 15 is 0 Å². The molecule has 18 heavy (non-hydrogen) atoms. The Morgan fingerprint density at radius 1 is 1.33 bits per heavy atom. The van der Waals surface area contributed by atoms with Crippen LogP contribution in [0.2, 0.25) is 0 Å². The smallest absolute Gasteiger partial charge is 0.330 e. The summed E-state index contributed by atoms with van der Waals surface area (Å²) in [6, 6.07) is 0.103. The molecule has 3 N–H and O–H groups in total. The van der Waals surface area contributed by atoms with Crippen molar-refractivity contribution in [3.63, 3.8) is 0 Å². The van der Waals surface area contributed by atoms with Crippen LogP contribution in [0.1, 0.15) is 46.0 Å². The zero-order valence-electron chi connectivity index (χ0n) is 11.5. The summed E-state index contributed by atoms with van der Waals surface area (Å²) in [6.07, 6.45) is 4.64. The second kappa shape index (κ2) is 6.18. The van der Waals surface area contributed by atoms with Crippen molar-refractivity contribution in [2.24, 2.45) is 11.7 Å². The summed E-state index contributed by atoms with van der Waals surface area (Å²) in [5.74, 6) is -0.344. The van der Waals surface area contributed by atoms with Crippen LogP contribution in [0.25, 0.3) is 0 Å². The minimum Gasteiger partial charge on any atom is -0.467 e. The van der Waals surface area contributed by atoms with Crippen LogP contribution in [0.3, 0.4) is 0 Å². The molecule has 5 heteroatoms. The van der Waals surface area contributed by atoms with Crippen LogP contribution in [0.5, 0.6) is 0 Å². The molecule has 2 atom stereocenters. The summed E-state index contributed by atoms with van der Waals surface area (Å²) < 4.78 is 4.65. The van der Waals surface area contributed by atoms with Gasteiger partial charge in [0.2, 0.25) is 5.91 Å². The average Bonchev–Trinajstić information content (AvgIpc) is 2.30. The standard InChI is InChI=1S/C13H24N2O3/c1-13(2,12(17)18-3)15-11(16)8-9-6-4-5-7-10(9)14/h9-10H,4-8,14H2,1-3H3,(H,15,16). The maximum atomic E-state index is 11.9. The van der Waals surface area contributed by atoms with Gasteiger partial charge in [0.05, 0.1) is 7.11 Å². The van der Waals surface area contributed by atoms with E-state index in [1.807, 2.05) is 0 Å². The molecule has 104 valence electrons. The van der Waals surface area contributed by atoms with Gasteiger partial charge in [0, 0.05) is 12.5 Å². The lowest BCUT2D eigenvalue weighted by Gasteiger charge is -2.29. The van der Waals surface area contributed by atoms with Crippen LogP contribution in [-0.2, 0) is 14.3 Å². The van der Waals surface area contributed by atoms with Gasteiger partial charge in [-0.25, -0.2) is 4.79 Å². The summed E-state index contributed by atoms with van der Waals surface area (Å²) in [5, 5.41) is 2.71. The second-order valence-corrected chi connectivity index (χ2v) is 5.58. The number of esters is 1. The van der Waals surface area contributed by atoms with Gasteiger partial charge in [-0.1, -0.05) is 12.8 Å². The Morgan fingerprint density at radius 3 is 2.50 bits per heavy atom. The molecule has 1 aliphatic carbocycles. The third kappa shape index (κ3) is 3.98. The fraction of sp³-hybridized carbons (Fsp3) is 0.846. The molecule has 0 aromatic rings. The first-order valence-corrected chi connectivity index (χ1v) is 6.52. The van der Waals surface area contributed by atoms with Crippen molar-refractivity contribution in [1.82, 2.24) is 5.32 Å². The van der Waals surface area contributed by atoms with E-state index in [2.05, 4.69) is 10.1 Å². The number of ether oxygens (including phenoxy) is 1. The number of methoxy groups -OCH3 is 1. The Morgan fingerprint density at radius 2 is 1.94 bits per heavy atom. The van der Waals surface area contributed by atoms with Crippen molar-refractivity contribution in [2.45, 2.75) is 57.5 Å². The van der Waals surface area contributed by atoms with E-state index in [9.17, 15) is 9.59 Å². The predicted octanol–water partition coefficient (Wildman–Crippen LogP) is 0.962. The Balaban J connectivity index is 2.48. The molecule has 0 saturated heterocycles. The van der Waals surface area contributed by atoms with Crippen molar-refractivity contribution in [3.05, 3.63) is 0 Å². The predicted molar refractivity (Wildman–Crippen MR) is 68.8 cm³/mol. The van der Waals surface area contributed by atoms with E-state index in [4.69, 9.17) is 5.73 Å². The molecule has 0 aliphatic heterocycles. The number of hydrogen-bond acceptors (Lipinski definition) is 4. The van der Waals surface area contributed by atoms with Gasteiger partial charge in [-0.15, -0.1) is 0 Å². The maximum Gasteiger partial charge on any atom is 0.330 e. The maximum absolute atomic E-state index is 11.9. The van der Waals surface area contributed by atoms with Crippen molar-refractivity contribution in [1.29, 1.82) is 0 Å². The van der Waals surface area contributed by atoms with Gasteiger partial charge >= 0.3 is 5.97 Å². The number of amides is 1. The van der Waals surface area contributed by atoms with Gasteiger partial charge in [0.25, 0.3) is 0 Å². The molecule has 0 bridgehead atoms. The highest BCUT2D eigenvalue weighted by Gasteiger charge is 2.32. The SMILES string of the molecule is COC(=O)C(C)(C)NC(=O)CC1CCCCC1N. The molecule has 0 aromatic heterocycles. The quantitative estimate of drug-likeness (QED) is 0.734. The van der Waals surface area contributed by atoms with Crippen LogP contribution in [-0.4, -0.2) is 30.6 Å². The van der Waals surface area contributed by atoms with E-state index in [0.29, 0.717) is 6.42 Å². The largest absolute Gasteiger partial charge is 0.467 e. The van der Waals surface area contributed by atoms with Gasteiger partial charge in [0.1, 0.15) is 5.54 Å². The van der Waals surface area contributed by atoms with Crippen molar-refractivity contribution in [3.8, 4) is 0 Å². The Kier molecular flexibility index (Phi) is 5.14. The number of carbonyl (C=O) groups excluding carboxylic acids is 2. The monoisotopic (exact) mass is 256 g/mol. The molecular weight excluding hydrogens is 232 g/mol. The first-order chi connectivity index (χ1) is 8.36. The van der Waals surface area contributed by atoms with Crippen LogP contribution < -0.4 is 11.1 Å². The van der Waals surface area contributed by atoms with Crippen molar-refractivity contribution < 1.29 is 14.3 Å². The van der Waals surface area contributed by atoms with Crippen LogP contribution >= 0.6 is 0 Å².